The fourth-order valence-electron chi connectivity index (χ4n) is 1.66. The Morgan fingerprint density at radius 2 is 2.11 bits per heavy atom. The van der Waals surface area contributed by atoms with E-state index < -0.39 is 13.6 Å². The summed E-state index contributed by atoms with van der Waals surface area (Å²) < 4.78 is 10.8. The highest BCUT2D eigenvalue weighted by Crippen LogP contribution is 2.35. The van der Waals surface area contributed by atoms with Crippen LogP contribution in [0.5, 0.6) is 0 Å². The minimum absolute atomic E-state index is 0.144. The highest BCUT2D eigenvalue weighted by molar-refractivity contribution is 7.51. The molecule has 0 aliphatic rings. The van der Waals surface area contributed by atoms with Gasteiger partial charge in [0.15, 0.2) is 0 Å². The molecule has 2 rings (SSSR count). The summed E-state index contributed by atoms with van der Waals surface area (Å²) in [7, 11) is -4.08. The van der Waals surface area contributed by atoms with Crippen LogP contribution >= 0.6 is 7.60 Å². The number of imidazole rings is 1. The number of rotatable bonds is 4. The summed E-state index contributed by atoms with van der Waals surface area (Å²) in [6.45, 7) is 0. The SMILES string of the molecule is O=C(O)c1nc2c(CCP(=O)(O)O)cccc2[nH]1. The number of aryl methyl sites for hydroxylation is 1. The van der Waals surface area contributed by atoms with Crippen LogP contribution in [0.1, 0.15) is 16.2 Å². The van der Waals surface area contributed by atoms with Crippen molar-refractivity contribution in [1.29, 1.82) is 0 Å². The molecule has 0 bridgehead atoms. The first-order valence-corrected chi connectivity index (χ1v) is 6.92. The van der Waals surface area contributed by atoms with Crippen molar-refractivity contribution < 1.29 is 24.3 Å². The van der Waals surface area contributed by atoms with E-state index in [0.29, 0.717) is 16.6 Å². The van der Waals surface area contributed by atoms with Crippen LogP contribution in [0.2, 0.25) is 0 Å². The van der Waals surface area contributed by atoms with Crippen molar-refractivity contribution >= 4 is 24.6 Å². The molecule has 8 heteroatoms. The molecule has 0 spiro atoms. The largest absolute Gasteiger partial charge is 0.475 e. The van der Waals surface area contributed by atoms with Gasteiger partial charge in [0.25, 0.3) is 0 Å². The Hall–Kier alpha value is -1.69. The van der Waals surface area contributed by atoms with Crippen molar-refractivity contribution in [2.75, 3.05) is 6.16 Å². The van der Waals surface area contributed by atoms with E-state index >= 15 is 0 Å². The molecule has 0 saturated heterocycles. The van der Waals surface area contributed by atoms with Gasteiger partial charge in [-0.25, -0.2) is 9.78 Å². The van der Waals surface area contributed by atoms with E-state index in [1.807, 2.05) is 0 Å². The van der Waals surface area contributed by atoms with E-state index in [1.54, 1.807) is 18.2 Å². The molecular formula is C10H11N2O5P. The smallest absolute Gasteiger partial charge is 0.371 e. The number of H-pyrrole nitrogens is 1. The minimum Gasteiger partial charge on any atom is -0.475 e. The number of carboxylic acid groups (broad SMARTS) is 1. The molecule has 1 aromatic heterocycles. The number of hydrogen-bond acceptors (Lipinski definition) is 3. The van der Waals surface area contributed by atoms with Crippen molar-refractivity contribution in [3.05, 3.63) is 29.6 Å². The van der Waals surface area contributed by atoms with E-state index in [4.69, 9.17) is 14.9 Å². The minimum atomic E-state index is -4.08. The molecule has 1 heterocycles. The van der Waals surface area contributed by atoms with Crippen LogP contribution in [-0.4, -0.2) is 37.0 Å². The Morgan fingerprint density at radius 3 is 2.72 bits per heavy atom. The first kappa shape index (κ1) is 12.8. The van der Waals surface area contributed by atoms with Gasteiger partial charge < -0.3 is 19.9 Å². The van der Waals surface area contributed by atoms with Gasteiger partial charge in [0.2, 0.25) is 5.82 Å². The van der Waals surface area contributed by atoms with Gasteiger partial charge in [-0.3, -0.25) is 4.57 Å². The van der Waals surface area contributed by atoms with Crippen LogP contribution in [0.3, 0.4) is 0 Å². The Kier molecular flexibility index (Phi) is 3.21. The highest BCUT2D eigenvalue weighted by atomic mass is 31.2. The lowest BCUT2D eigenvalue weighted by Gasteiger charge is -2.04. The third-order valence-electron chi connectivity index (χ3n) is 2.47. The first-order valence-electron chi connectivity index (χ1n) is 5.12. The average molecular weight is 270 g/mol. The summed E-state index contributed by atoms with van der Waals surface area (Å²) in [4.78, 5) is 35.0. The quantitative estimate of drug-likeness (QED) is 0.614. The molecule has 0 fully saturated rings. The number of aromatic amines is 1. The van der Waals surface area contributed by atoms with Crippen LogP contribution in [0.15, 0.2) is 18.2 Å². The molecule has 0 unspecified atom stereocenters. The van der Waals surface area contributed by atoms with E-state index in [0.717, 1.165) is 0 Å². The number of carbonyl (C=O) groups is 1. The maximum absolute atomic E-state index is 10.8. The second-order valence-corrected chi connectivity index (χ2v) is 5.62. The number of fused-ring (bicyclic) bond motifs is 1. The summed E-state index contributed by atoms with van der Waals surface area (Å²) in [5, 5.41) is 8.82. The van der Waals surface area contributed by atoms with Gasteiger partial charge >= 0.3 is 13.6 Å². The van der Waals surface area contributed by atoms with Crippen LogP contribution in [0.4, 0.5) is 0 Å². The predicted octanol–water partition coefficient (Wildman–Crippen LogP) is 0.981. The molecule has 0 amide bonds. The Bertz CT molecular complexity index is 645. The first-order chi connectivity index (χ1) is 8.37. The maximum Gasteiger partial charge on any atom is 0.371 e. The van der Waals surface area contributed by atoms with Crippen LogP contribution in [0, 0.1) is 0 Å². The predicted molar refractivity (Wildman–Crippen MR) is 63.7 cm³/mol. The lowest BCUT2D eigenvalue weighted by Crippen LogP contribution is -1.98. The number of hydrogen-bond donors (Lipinski definition) is 4. The van der Waals surface area contributed by atoms with Crippen LogP contribution in [0.25, 0.3) is 11.0 Å². The molecule has 96 valence electrons. The van der Waals surface area contributed by atoms with E-state index in [9.17, 15) is 9.36 Å². The zero-order chi connectivity index (χ0) is 13.3. The zero-order valence-electron chi connectivity index (χ0n) is 9.20. The second-order valence-electron chi connectivity index (χ2n) is 3.84. The van der Waals surface area contributed by atoms with Gasteiger partial charge in [0.1, 0.15) is 0 Å². The lowest BCUT2D eigenvalue weighted by molar-refractivity contribution is 0.0685. The molecule has 0 aliphatic heterocycles. The van der Waals surface area contributed by atoms with E-state index in [1.165, 1.54) is 0 Å². The highest BCUT2D eigenvalue weighted by Gasteiger charge is 2.16. The second kappa shape index (κ2) is 4.53. The zero-order valence-corrected chi connectivity index (χ0v) is 10.1. The molecule has 0 aliphatic carbocycles. The molecule has 4 N–H and O–H groups in total. The normalized spacial score (nSPS) is 11.9. The number of benzene rings is 1. The number of para-hydroxylation sites is 1. The van der Waals surface area contributed by atoms with Gasteiger partial charge in [0, 0.05) is 0 Å². The number of aromatic nitrogens is 2. The average Bonchev–Trinajstić information content (AvgIpc) is 2.69. The van der Waals surface area contributed by atoms with Crippen molar-refractivity contribution in [3.63, 3.8) is 0 Å². The van der Waals surface area contributed by atoms with Crippen molar-refractivity contribution in [2.45, 2.75) is 6.42 Å². The number of nitrogens with zero attached hydrogens (tertiary/aromatic N) is 1. The summed E-state index contributed by atoms with van der Waals surface area (Å²) in [5.41, 5.74) is 1.58. The summed E-state index contributed by atoms with van der Waals surface area (Å²) in [6.07, 6.45) is -0.146. The number of aromatic carboxylic acids is 1. The Balaban J connectivity index is 2.39. The third kappa shape index (κ3) is 2.76. The van der Waals surface area contributed by atoms with Crippen LogP contribution < -0.4 is 0 Å². The van der Waals surface area contributed by atoms with E-state index in [-0.39, 0.29) is 18.4 Å². The van der Waals surface area contributed by atoms with Crippen molar-refractivity contribution in [1.82, 2.24) is 9.97 Å². The molecular weight excluding hydrogens is 259 g/mol. The Morgan fingerprint density at radius 1 is 1.39 bits per heavy atom. The van der Waals surface area contributed by atoms with Gasteiger partial charge in [-0.2, -0.15) is 0 Å². The lowest BCUT2D eigenvalue weighted by atomic mass is 10.1. The summed E-state index contributed by atoms with van der Waals surface area (Å²) >= 11 is 0. The summed E-state index contributed by atoms with van der Waals surface area (Å²) in [6, 6.07) is 5.02. The van der Waals surface area contributed by atoms with Gasteiger partial charge in [-0.15, -0.1) is 0 Å². The van der Waals surface area contributed by atoms with E-state index in [2.05, 4.69) is 9.97 Å². The van der Waals surface area contributed by atoms with Crippen molar-refractivity contribution in [3.8, 4) is 0 Å². The monoisotopic (exact) mass is 270 g/mol. The van der Waals surface area contributed by atoms with Gasteiger partial charge in [-0.05, 0) is 18.1 Å². The number of carboxylic acids is 1. The molecule has 1 aromatic carbocycles. The third-order valence-corrected chi connectivity index (χ3v) is 3.28. The molecule has 0 radical (unpaired) electrons. The van der Waals surface area contributed by atoms with Crippen molar-refractivity contribution in [2.24, 2.45) is 0 Å². The van der Waals surface area contributed by atoms with Gasteiger partial charge in [-0.1, -0.05) is 12.1 Å². The molecule has 0 saturated carbocycles. The topological polar surface area (TPSA) is 124 Å². The number of nitrogens with one attached hydrogen (secondary N) is 1. The maximum atomic E-state index is 10.8. The fraction of sp³-hybridized carbons (Fsp3) is 0.200. The standard InChI is InChI=1S/C10H11N2O5P/c13-10(14)9-11-7-3-1-2-6(8(7)12-9)4-5-18(15,16)17/h1-3H,4-5H2,(H,11,12)(H,13,14)(H2,15,16,17). The molecule has 18 heavy (non-hydrogen) atoms. The molecule has 2 aromatic rings. The van der Waals surface area contributed by atoms with Crippen LogP contribution in [-0.2, 0) is 11.0 Å². The molecule has 7 nitrogen and oxygen atoms in total. The fourth-order valence-corrected chi connectivity index (χ4v) is 2.19. The molecule has 0 atom stereocenters. The Labute approximate surface area is 102 Å². The van der Waals surface area contributed by atoms with Gasteiger partial charge in [0.05, 0.1) is 17.2 Å². The summed E-state index contributed by atoms with van der Waals surface area (Å²) in [5.74, 6) is -1.36.